The maximum absolute atomic E-state index is 4.25. The Morgan fingerprint density at radius 2 is 1.87 bits per heavy atom. The third-order valence-corrected chi connectivity index (χ3v) is 2.94. The van der Waals surface area contributed by atoms with Crippen LogP contribution in [0.1, 0.15) is 32.0 Å². The molecule has 0 aliphatic heterocycles. The summed E-state index contributed by atoms with van der Waals surface area (Å²) in [6.07, 6.45) is 3.87. The van der Waals surface area contributed by atoms with E-state index in [9.17, 15) is 0 Å². The summed E-state index contributed by atoms with van der Waals surface area (Å²) in [4.78, 5) is 4.25. The molecular formula is C13H18N2. The average molecular weight is 202 g/mol. The highest BCUT2D eigenvalue weighted by molar-refractivity contribution is 5.83. The Morgan fingerprint density at radius 1 is 1.20 bits per heavy atom. The lowest BCUT2D eigenvalue weighted by Crippen LogP contribution is -2.15. The molecule has 2 aromatic heterocycles. The molecule has 0 spiro atoms. The minimum absolute atomic E-state index is 0.181. The Morgan fingerprint density at radius 3 is 2.40 bits per heavy atom. The molecule has 0 radical (unpaired) electrons. The molecule has 0 saturated carbocycles. The van der Waals surface area contributed by atoms with Gasteiger partial charge in [0.25, 0.3) is 0 Å². The van der Waals surface area contributed by atoms with Crippen LogP contribution >= 0.6 is 0 Å². The van der Waals surface area contributed by atoms with E-state index in [-0.39, 0.29) is 5.41 Å². The lowest BCUT2D eigenvalue weighted by atomic mass is 9.92. The molecule has 15 heavy (non-hydrogen) atoms. The predicted molar refractivity (Wildman–Crippen MR) is 64.2 cm³/mol. The second-order valence-electron chi connectivity index (χ2n) is 5.23. The zero-order valence-electron chi connectivity index (χ0n) is 10.1. The van der Waals surface area contributed by atoms with Gasteiger partial charge in [0.1, 0.15) is 0 Å². The molecule has 2 aromatic rings. The number of hydrogen-bond acceptors (Lipinski definition) is 1. The van der Waals surface area contributed by atoms with Crippen molar-refractivity contribution in [2.45, 2.75) is 33.1 Å². The molecule has 0 aliphatic rings. The summed E-state index contributed by atoms with van der Waals surface area (Å²) < 4.78 is 2.25. The van der Waals surface area contributed by atoms with Crippen molar-refractivity contribution < 1.29 is 0 Å². The second-order valence-corrected chi connectivity index (χ2v) is 5.23. The second kappa shape index (κ2) is 3.09. The van der Waals surface area contributed by atoms with E-state index in [4.69, 9.17) is 0 Å². The first-order valence-corrected chi connectivity index (χ1v) is 5.32. The van der Waals surface area contributed by atoms with Crippen molar-refractivity contribution in [1.29, 1.82) is 0 Å². The monoisotopic (exact) mass is 202 g/mol. The summed E-state index contributed by atoms with van der Waals surface area (Å²) in [5.41, 5.74) is 4.01. The fraction of sp³-hybridized carbons (Fsp3) is 0.462. The maximum atomic E-state index is 4.25. The third-order valence-electron chi connectivity index (χ3n) is 2.94. The van der Waals surface area contributed by atoms with E-state index in [0.717, 1.165) is 0 Å². The van der Waals surface area contributed by atoms with E-state index in [2.05, 4.69) is 50.4 Å². The summed E-state index contributed by atoms with van der Waals surface area (Å²) in [6, 6.07) is 2.28. The smallest absolute Gasteiger partial charge is 0.0669 e. The van der Waals surface area contributed by atoms with Gasteiger partial charge in [-0.1, -0.05) is 20.8 Å². The Labute approximate surface area is 90.9 Å². The van der Waals surface area contributed by atoms with E-state index in [1.54, 1.807) is 0 Å². The number of rotatable bonds is 0. The lowest BCUT2D eigenvalue weighted by Gasteiger charge is -2.19. The maximum Gasteiger partial charge on any atom is 0.0669 e. The zero-order chi connectivity index (χ0) is 11.2. The van der Waals surface area contributed by atoms with Crippen molar-refractivity contribution in [2.24, 2.45) is 7.05 Å². The minimum Gasteiger partial charge on any atom is -0.346 e. The van der Waals surface area contributed by atoms with Crippen molar-refractivity contribution >= 4 is 10.9 Å². The van der Waals surface area contributed by atoms with Crippen LogP contribution in [0.5, 0.6) is 0 Å². The molecule has 2 nitrogen and oxygen atoms in total. The molecule has 0 bridgehead atoms. The van der Waals surface area contributed by atoms with E-state index in [0.29, 0.717) is 0 Å². The Hall–Kier alpha value is -1.31. The van der Waals surface area contributed by atoms with Gasteiger partial charge in [-0.25, -0.2) is 0 Å². The standard InChI is InChI=1S/C13H18N2/c1-9-7-14-8-11-10(9)6-12(15(11)5)13(2,3)4/h6-8H,1-5H3. The third kappa shape index (κ3) is 1.54. The topological polar surface area (TPSA) is 17.8 Å². The highest BCUT2D eigenvalue weighted by atomic mass is 15.0. The molecule has 0 fully saturated rings. The van der Waals surface area contributed by atoms with Gasteiger partial charge in [-0.2, -0.15) is 0 Å². The van der Waals surface area contributed by atoms with Gasteiger partial charge in [0.15, 0.2) is 0 Å². The first-order chi connectivity index (χ1) is 6.91. The van der Waals surface area contributed by atoms with Gasteiger partial charge in [-0.15, -0.1) is 0 Å². The van der Waals surface area contributed by atoms with Crippen LogP contribution in [-0.4, -0.2) is 9.55 Å². The van der Waals surface area contributed by atoms with E-state index in [1.165, 1.54) is 22.2 Å². The molecule has 0 saturated heterocycles. The van der Waals surface area contributed by atoms with Gasteiger partial charge in [-0.05, 0) is 18.6 Å². The van der Waals surface area contributed by atoms with Crippen LogP contribution in [0, 0.1) is 6.92 Å². The molecular weight excluding hydrogens is 184 g/mol. The summed E-state index contributed by atoms with van der Waals surface area (Å²) in [5.74, 6) is 0. The number of hydrogen-bond donors (Lipinski definition) is 0. The molecule has 0 aromatic carbocycles. The first kappa shape index (κ1) is 10.2. The number of fused-ring (bicyclic) bond motifs is 1. The van der Waals surface area contributed by atoms with Crippen molar-refractivity contribution in [2.75, 3.05) is 0 Å². The molecule has 0 unspecified atom stereocenters. The largest absolute Gasteiger partial charge is 0.346 e. The minimum atomic E-state index is 0.181. The van der Waals surface area contributed by atoms with Crippen LogP contribution in [0.2, 0.25) is 0 Å². The van der Waals surface area contributed by atoms with E-state index >= 15 is 0 Å². The highest BCUT2D eigenvalue weighted by Crippen LogP contribution is 2.29. The van der Waals surface area contributed by atoms with E-state index < -0.39 is 0 Å². The Balaban J connectivity index is 2.81. The molecule has 2 heterocycles. The summed E-state index contributed by atoms with van der Waals surface area (Å²) in [7, 11) is 2.12. The van der Waals surface area contributed by atoms with Gasteiger partial charge in [0, 0.05) is 29.7 Å². The van der Waals surface area contributed by atoms with Crippen LogP contribution in [0.4, 0.5) is 0 Å². The van der Waals surface area contributed by atoms with Crippen LogP contribution in [0.15, 0.2) is 18.5 Å². The van der Waals surface area contributed by atoms with Gasteiger partial charge < -0.3 is 4.57 Å². The number of nitrogens with zero attached hydrogens (tertiary/aromatic N) is 2. The fourth-order valence-electron chi connectivity index (χ4n) is 2.10. The average Bonchev–Trinajstić information content (AvgIpc) is 2.45. The number of aromatic nitrogens is 2. The predicted octanol–water partition coefficient (Wildman–Crippen LogP) is 3.18. The lowest BCUT2D eigenvalue weighted by molar-refractivity contribution is 0.547. The molecule has 0 amide bonds. The fourth-order valence-corrected chi connectivity index (χ4v) is 2.10. The van der Waals surface area contributed by atoms with Crippen LogP contribution < -0.4 is 0 Å². The van der Waals surface area contributed by atoms with Gasteiger partial charge >= 0.3 is 0 Å². The molecule has 80 valence electrons. The quantitative estimate of drug-likeness (QED) is 0.641. The molecule has 0 N–H and O–H groups in total. The highest BCUT2D eigenvalue weighted by Gasteiger charge is 2.19. The normalized spacial score (nSPS) is 12.3. The Bertz CT molecular complexity index is 501. The van der Waals surface area contributed by atoms with Crippen molar-refractivity contribution in [3.05, 3.63) is 29.7 Å². The van der Waals surface area contributed by atoms with Crippen LogP contribution in [-0.2, 0) is 12.5 Å². The summed E-state index contributed by atoms with van der Waals surface area (Å²) in [5, 5.41) is 1.32. The van der Waals surface area contributed by atoms with Crippen molar-refractivity contribution in [1.82, 2.24) is 9.55 Å². The molecule has 0 aliphatic carbocycles. The number of aryl methyl sites for hydroxylation is 2. The SMILES string of the molecule is Cc1cncc2c1cc(C(C)(C)C)n2C. The van der Waals surface area contributed by atoms with E-state index in [1.807, 2.05) is 12.4 Å². The van der Waals surface area contributed by atoms with Gasteiger partial charge in [0.2, 0.25) is 0 Å². The summed E-state index contributed by atoms with van der Waals surface area (Å²) >= 11 is 0. The van der Waals surface area contributed by atoms with Crippen molar-refractivity contribution in [3.63, 3.8) is 0 Å². The summed E-state index contributed by atoms with van der Waals surface area (Å²) in [6.45, 7) is 8.83. The number of pyridine rings is 1. The van der Waals surface area contributed by atoms with Crippen LogP contribution in [0.25, 0.3) is 10.9 Å². The van der Waals surface area contributed by atoms with Gasteiger partial charge in [-0.3, -0.25) is 4.98 Å². The first-order valence-electron chi connectivity index (χ1n) is 5.32. The molecule has 2 heteroatoms. The molecule has 0 atom stereocenters. The Kier molecular flexibility index (Phi) is 2.10. The zero-order valence-corrected chi connectivity index (χ0v) is 10.1. The van der Waals surface area contributed by atoms with Crippen LogP contribution in [0.3, 0.4) is 0 Å². The van der Waals surface area contributed by atoms with Crippen molar-refractivity contribution in [3.8, 4) is 0 Å². The molecule has 2 rings (SSSR count). The van der Waals surface area contributed by atoms with Gasteiger partial charge in [0.05, 0.1) is 11.7 Å².